The smallest absolute Gasteiger partial charge is 0.351 e. The van der Waals surface area contributed by atoms with Crippen molar-refractivity contribution in [3.05, 3.63) is 46.5 Å². The molecule has 1 aromatic carbocycles. The van der Waals surface area contributed by atoms with Crippen LogP contribution in [0.4, 0.5) is 49.6 Å². The standard InChI is InChI=1S/C19H13F6N7S/c1-26-11-4-9(20)5-12(6-11)28-17-31-14(15-29-13(8-33-15)19(23,24)25)30-16(32-17)27-10-2-3-18(21,22)7-10/h4-6,8,10H,2-3,7H2,(H2,27,28,30,31,32). The SMILES string of the molecule is [C-]#[N+]c1cc(F)cc(Nc2nc(NC3CCC(F)(F)C3)nc(-c3nc(C(F)(F)F)cs3)n2)c1. The molecule has 33 heavy (non-hydrogen) atoms. The van der Waals surface area contributed by atoms with Crippen LogP contribution < -0.4 is 10.6 Å². The Morgan fingerprint density at radius 3 is 2.48 bits per heavy atom. The molecule has 0 saturated heterocycles. The van der Waals surface area contributed by atoms with Crippen molar-refractivity contribution >= 4 is 34.6 Å². The predicted molar refractivity (Wildman–Crippen MR) is 108 cm³/mol. The number of anilines is 3. The first-order chi connectivity index (χ1) is 15.5. The molecule has 1 aliphatic carbocycles. The van der Waals surface area contributed by atoms with Crippen LogP contribution in [0.15, 0.2) is 23.6 Å². The van der Waals surface area contributed by atoms with Gasteiger partial charge in [-0.05, 0) is 24.6 Å². The second kappa shape index (κ2) is 8.47. The van der Waals surface area contributed by atoms with Crippen molar-refractivity contribution in [1.29, 1.82) is 0 Å². The first kappa shape index (κ1) is 22.7. The molecule has 1 unspecified atom stereocenters. The summed E-state index contributed by atoms with van der Waals surface area (Å²) in [5, 5.41) is 6.05. The maximum Gasteiger partial charge on any atom is 0.434 e. The minimum atomic E-state index is -4.67. The highest BCUT2D eigenvalue weighted by molar-refractivity contribution is 7.13. The number of benzene rings is 1. The number of hydrogen-bond donors (Lipinski definition) is 2. The lowest BCUT2D eigenvalue weighted by molar-refractivity contribution is -0.140. The fraction of sp³-hybridized carbons (Fsp3) is 0.316. The quantitative estimate of drug-likeness (QED) is 0.339. The largest absolute Gasteiger partial charge is 0.434 e. The topological polar surface area (TPSA) is 80.0 Å². The second-order valence-corrected chi connectivity index (χ2v) is 8.07. The van der Waals surface area contributed by atoms with Gasteiger partial charge in [0.15, 0.2) is 22.2 Å². The number of aromatic nitrogens is 4. The zero-order valence-electron chi connectivity index (χ0n) is 16.4. The number of halogens is 6. The average molecular weight is 485 g/mol. The van der Waals surface area contributed by atoms with Crippen molar-refractivity contribution in [3.8, 4) is 10.8 Å². The first-order valence-corrected chi connectivity index (χ1v) is 10.3. The number of thiazole rings is 1. The lowest BCUT2D eigenvalue weighted by atomic mass is 10.2. The molecule has 2 heterocycles. The lowest BCUT2D eigenvalue weighted by Gasteiger charge is -2.14. The summed E-state index contributed by atoms with van der Waals surface area (Å²) in [6, 6.07) is 2.73. The molecule has 1 atom stereocenters. The highest BCUT2D eigenvalue weighted by Crippen LogP contribution is 2.37. The molecule has 1 saturated carbocycles. The minimum Gasteiger partial charge on any atom is -0.351 e. The molecule has 0 aliphatic heterocycles. The maximum atomic E-state index is 13.8. The Balaban J connectivity index is 1.69. The van der Waals surface area contributed by atoms with Crippen molar-refractivity contribution in [2.45, 2.75) is 37.4 Å². The summed E-state index contributed by atoms with van der Waals surface area (Å²) in [6.45, 7) is 7.03. The number of nitrogens with zero attached hydrogens (tertiary/aromatic N) is 5. The fourth-order valence-electron chi connectivity index (χ4n) is 3.19. The number of hydrogen-bond acceptors (Lipinski definition) is 7. The maximum absolute atomic E-state index is 13.8. The van der Waals surface area contributed by atoms with E-state index >= 15 is 0 Å². The third-order valence-electron chi connectivity index (χ3n) is 4.63. The summed E-state index contributed by atoms with van der Waals surface area (Å²) in [5.41, 5.74) is -1.03. The highest BCUT2D eigenvalue weighted by Gasteiger charge is 2.40. The van der Waals surface area contributed by atoms with Crippen LogP contribution in [0.25, 0.3) is 15.7 Å². The van der Waals surface area contributed by atoms with Gasteiger partial charge in [0, 0.05) is 30.0 Å². The Bertz CT molecular complexity index is 1220. The van der Waals surface area contributed by atoms with Gasteiger partial charge in [-0.3, -0.25) is 0 Å². The van der Waals surface area contributed by atoms with E-state index in [1.165, 1.54) is 6.07 Å². The van der Waals surface area contributed by atoms with E-state index in [1.54, 1.807) is 0 Å². The van der Waals surface area contributed by atoms with E-state index in [9.17, 15) is 26.3 Å². The summed E-state index contributed by atoms with van der Waals surface area (Å²) >= 11 is 0.645. The Morgan fingerprint density at radius 2 is 1.85 bits per heavy atom. The van der Waals surface area contributed by atoms with Crippen LogP contribution in [0.2, 0.25) is 0 Å². The van der Waals surface area contributed by atoms with E-state index in [-0.39, 0.29) is 46.9 Å². The molecule has 2 aromatic heterocycles. The highest BCUT2D eigenvalue weighted by atomic mass is 32.1. The van der Waals surface area contributed by atoms with E-state index in [4.69, 9.17) is 6.57 Å². The summed E-state index contributed by atoms with van der Waals surface area (Å²) in [5.74, 6) is -4.14. The predicted octanol–water partition coefficient (Wildman–Crippen LogP) is 6.05. The summed E-state index contributed by atoms with van der Waals surface area (Å²) in [7, 11) is 0. The van der Waals surface area contributed by atoms with Gasteiger partial charge in [-0.2, -0.15) is 28.1 Å². The molecule has 0 spiro atoms. The van der Waals surface area contributed by atoms with Gasteiger partial charge in [0.25, 0.3) is 0 Å². The number of nitrogens with one attached hydrogen (secondary N) is 2. The monoisotopic (exact) mass is 485 g/mol. The molecule has 14 heteroatoms. The Hall–Kier alpha value is -3.47. The zero-order chi connectivity index (χ0) is 23.8. The molecule has 2 N–H and O–H groups in total. The molecule has 1 aliphatic rings. The van der Waals surface area contributed by atoms with Crippen LogP contribution in [0.1, 0.15) is 25.0 Å². The lowest BCUT2D eigenvalue weighted by Crippen LogP contribution is -2.21. The molecule has 1 fully saturated rings. The Kier molecular flexibility index (Phi) is 5.83. The van der Waals surface area contributed by atoms with E-state index < -0.39 is 36.1 Å². The fourth-order valence-corrected chi connectivity index (χ4v) is 3.95. The van der Waals surface area contributed by atoms with E-state index in [1.807, 2.05) is 0 Å². The average Bonchev–Trinajstić information content (AvgIpc) is 3.34. The van der Waals surface area contributed by atoms with E-state index in [0.717, 1.165) is 17.5 Å². The molecule has 0 amide bonds. The Morgan fingerprint density at radius 1 is 1.09 bits per heavy atom. The van der Waals surface area contributed by atoms with Gasteiger partial charge < -0.3 is 10.6 Å². The third kappa shape index (κ3) is 5.48. The van der Waals surface area contributed by atoms with Crippen molar-refractivity contribution in [3.63, 3.8) is 0 Å². The normalized spacial score (nSPS) is 17.5. The summed E-state index contributed by atoms with van der Waals surface area (Å²) in [4.78, 5) is 18.8. The molecular weight excluding hydrogens is 472 g/mol. The van der Waals surface area contributed by atoms with Crippen LogP contribution in [-0.2, 0) is 6.18 Å². The Labute approximate surface area is 186 Å². The second-order valence-electron chi connectivity index (χ2n) is 7.22. The van der Waals surface area contributed by atoms with Crippen molar-refractivity contribution < 1.29 is 26.3 Å². The molecule has 3 aromatic rings. The van der Waals surface area contributed by atoms with E-state index in [2.05, 4.69) is 35.4 Å². The number of alkyl halides is 5. The van der Waals surface area contributed by atoms with Gasteiger partial charge in [-0.1, -0.05) is 0 Å². The van der Waals surface area contributed by atoms with Gasteiger partial charge in [0.1, 0.15) is 5.82 Å². The number of rotatable bonds is 5. The third-order valence-corrected chi connectivity index (χ3v) is 5.46. The molecular formula is C19H13F6N7S. The molecule has 0 bridgehead atoms. The van der Waals surface area contributed by atoms with Gasteiger partial charge >= 0.3 is 6.18 Å². The van der Waals surface area contributed by atoms with Gasteiger partial charge in [0.05, 0.1) is 6.57 Å². The van der Waals surface area contributed by atoms with Gasteiger partial charge in [-0.25, -0.2) is 23.0 Å². The van der Waals surface area contributed by atoms with Gasteiger partial charge in [-0.15, -0.1) is 11.3 Å². The molecule has 172 valence electrons. The zero-order valence-corrected chi connectivity index (χ0v) is 17.2. The molecule has 4 rings (SSSR count). The van der Waals surface area contributed by atoms with E-state index in [0.29, 0.717) is 11.3 Å². The van der Waals surface area contributed by atoms with Crippen LogP contribution in [0.3, 0.4) is 0 Å². The van der Waals surface area contributed by atoms with Crippen molar-refractivity contribution in [2.75, 3.05) is 10.6 Å². The first-order valence-electron chi connectivity index (χ1n) is 9.39. The minimum absolute atomic E-state index is 0.00643. The summed E-state index contributed by atoms with van der Waals surface area (Å²) in [6.07, 6.45) is -5.30. The van der Waals surface area contributed by atoms with Crippen LogP contribution in [0.5, 0.6) is 0 Å². The summed E-state index contributed by atoms with van der Waals surface area (Å²) < 4.78 is 79.7. The van der Waals surface area contributed by atoms with Crippen molar-refractivity contribution in [1.82, 2.24) is 19.9 Å². The van der Waals surface area contributed by atoms with Crippen molar-refractivity contribution in [2.24, 2.45) is 0 Å². The van der Waals surface area contributed by atoms with Crippen LogP contribution in [0, 0.1) is 12.4 Å². The molecule has 0 radical (unpaired) electrons. The molecule has 7 nitrogen and oxygen atoms in total. The van der Waals surface area contributed by atoms with Crippen LogP contribution in [-0.4, -0.2) is 31.9 Å². The van der Waals surface area contributed by atoms with Gasteiger partial charge in [0.2, 0.25) is 17.8 Å². The van der Waals surface area contributed by atoms with Crippen LogP contribution >= 0.6 is 11.3 Å².